The molecule has 0 fully saturated rings. The minimum atomic E-state index is -1.16. The van der Waals surface area contributed by atoms with E-state index in [1.807, 2.05) is 6.07 Å². The Labute approximate surface area is 84.7 Å². The van der Waals surface area contributed by atoms with Gasteiger partial charge in [0.05, 0.1) is 11.4 Å². The highest BCUT2D eigenvalue weighted by Crippen LogP contribution is 2.26. The van der Waals surface area contributed by atoms with Gasteiger partial charge in [0.25, 0.3) is 0 Å². The van der Waals surface area contributed by atoms with Crippen molar-refractivity contribution in [1.29, 1.82) is 0 Å². The quantitative estimate of drug-likeness (QED) is 0.531. The molecule has 0 atom stereocenters. The molecule has 0 unspecified atom stereocenters. The summed E-state index contributed by atoms with van der Waals surface area (Å²) in [5.74, 6) is -1.16. The molecule has 1 aliphatic heterocycles. The lowest BCUT2D eigenvalue weighted by molar-refractivity contribution is -0.397. The summed E-state index contributed by atoms with van der Waals surface area (Å²) >= 11 is 0. The Morgan fingerprint density at radius 1 is 1.27 bits per heavy atom. The Balaban J connectivity index is 2.27. The summed E-state index contributed by atoms with van der Waals surface area (Å²) < 4.78 is 0. The fourth-order valence-corrected chi connectivity index (χ4v) is 1.26. The van der Waals surface area contributed by atoms with Crippen molar-refractivity contribution in [3.05, 3.63) is 46.3 Å². The summed E-state index contributed by atoms with van der Waals surface area (Å²) in [6, 6.07) is 7.11. The number of nitrogens with zero attached hydrogens (tertiary/aromatic N) is 1. The van der Waals surface area contributed by atoms with Gasteiger partial charge in [-0.15, -0.1) is 0 Å². The van der Waals surface area contributed by atoms with Crippen LogP contribution in [0, 0.1) is 10.1 Å². The monoisotopic (exact) mass is 205 g/mol. The Bertz CT molecular complexity index is 467. The number of hydrogen-bond donors (Lipinski definition) is 2. The van der Waals surface area contributed by atoms with Gasteiger partial charge in [0.2, 0.25) is 0 Å². The average molecular weight is 205 g/mol. The second kappa shape index (κ2) is 3.41. The Kier molecular flexibility index (Phi) is 2.09. The molecule has 0 bridgehead atoms. The van der Waals surface area contributed by atoms with Crippen molar-refractivity contribution in [3.63, 3.8) is 0 Å². The fourth-order valence-electron chi connectivity index (χ4n) is 1.26. The highest BCUT2D eigenvalue weighted by Gasteiger charge is 2.24. The molecule has 1 aliphatic rings. The number of nitro groups is 1. The van der Waals surface area contributed by atoms with Crippen LogP contribution in [0.15, 0.2) is 36.2 Å². The van der Waals surface area contributed by atoms with Crippen LogP contribution in [-0.4, -0.2) is 10.8 Å². The second-order valence-electron chi connectivity index (χ2n) is 2.94. The maximum Gasteiger partial charge on any atom is 0.494 e. The lowest BCUT2D eigenvalue weighted by Crippen LogP contribution is -2.23. The zero-order chi connectivity index (χ0) is 10.8. The first-order valence-electron chi connectivity index (χ1n) is 4.20. The first-order chi connectivity index (χ1) is 7.18. The van der Waals surface area contributed by atoms with Crippen molar-refractivity contribution in [2.75, 3.05) is 10.6 Å². The van der Waals surface area contributed by atoms with Crippen LogP contribution < -0.4 is 10.6 Å². The van der Waals surface area contributed by atoms with Crippen LogP contribution in [0.2, 0.25) is 0 Å². The predicted molar refractivity (Wildman–Crippen MR) is 53.8 cm³/mol. The maximum absolute atomic E-state index is 11.0. The number of fused-ring (bicyclic) bond motifs is 1. The molecule has 6 nitrogen and oxygen atoms in total. The summed E-state index contributed by atoms with van der Waals surface area (Å²) in [6.45, 7) is 0. The van der Waals surface area contributed by atoms with Crippen LogP contribution in [0.5, 0.6) is 0 Å². The molecule has 2 rings (SSSR count). The van der Waals surface area contributed by atoms with E-state index in [9.17, 15) is 14.9 Å². The van der Waals surface area contributed by atoms with E-state index in [2.05, 4.69) is 10.6 Å². The molecular weight excluding hydrogens is 198 g/mol. The van der Waals surface area contributed by atoms with Gasteiger partial charge >= 0.3 is 5.91 Å². The summed E-state index contributed by atoms with van der Waals surface area (Å²) in [7, 11) is 0. The van der Waals surface area contributed by atoms with Crippen LogP contribution in [-0.2, 0) is 4.79 Å². The standard InChI is InChI=1S/C9H7N3O3/c13-9(12(14)15)8-5-10-6-3-1-2-4-7(6)11-8/h1-5,10-11H. The van der Waals surface area contributed by atoms with Gasteiger partial charge in [-0.25, -0.2) is 4.79 Å². The van der Waals surface area contributed by atoms with E-state index in [4.69, 9.17) is 0 Å². The third kappa shape index (κ3) is 1.64. The van der Waals surface area contributed by atoms with E-state index in [0.29, 0.717) is 5.69 Å². The number of hydrogen-bond acceptors (Lipinski definition) is 5. The molecule has 0 radical (unpaired) electrons. The highest BCUT2D eigenvalue weighted by molar-refractivity contribution is 5.94. The Morgan fingerprint density at radius 3 is 2.60 bits per heavy atom. The zero-order valence-electron chi connectivity index (χ0n) is 7.56. The van der Waals surface area contributed by atoms with Gasteiger partial charge in [0, 0.05) is 6.20 Å². The average Bonchev–Trinajstić information content (AvgIpc) is 2.27. The predicted octanol–water partition coefficient (Wildman–Crippen LogP) is 1.17. The van der Waals surface area contributed by atoms with E-state index in [1.54, 1.807) is 18.2 Å². The van der Waals surface area contributed by atoms with Crippen LogP contribution in [0.3, 0.4) is 0 Å². The number of rotatable bonds is 1. The number of amides is 1. The zero-order valence-corrected chi connectivity index (χ0v) is 7.56. The van der Waals surface area contributed by atoms with Gasteiger partial charge < -0.3 is 10.6 Å². The number of para-hydroxylation sites is 2. The van der Waals surface area contributed by atoms with Crippen LogP contribution in [0.25, 0.3) is 0 Å². The topological polar surface area (TPSA) is 84.3 Å². The van der Waals surface area contributed by atoms with Crippen molar-refractivity contribution in [2.45, 2.75) is 0 Å². The van der Waals surface area contributed by atoms with E-state index in [0.717, 1.165) is 5.69 Å². The van der Waals surface area contributed by atoms with Gasteiger partial charge in [0.1, 0.15) is 4.92 Å². The summed E-state index contributed by atoms with van der Waals surface area (Å²) in [4.78, 5) is 20.3. The first-order valence-corrected chi connectivity index (χ1v) is 4.20. The van der Waals surface area contributed by atoms with Crippen molar-refractivity contribution >= 4 is 17.3 Å². The highest BCUT2D eigenvalue weighted by atomic mass is 16.6. The van der Waals surface area contributed by atoms with E-state index >= 15 is 0 Å². The molecule has 1 aromatic rings. The Morgan fingerprint density at radius 2 is 1.93 bits per heavy atom. The molecule has 76 valence electrons. The smallest absolute Gasteiger partial charge is 0.358 e. The number of carbonyl (C=O) groups excluding carboxylic acids is 1. The van der Waals surface area contributed by atoms with Gasteiger partial charge in [-0.3, -0.25) is 10.1 Å². The van der Waals surface area contributed by atoms with E-state index < -0.39 is 10.8 Å². The molecule has 2 N–H and O–H groups in total. The summed E-state index contributed by atoms with van der Waals surface area (Å²) in [6.07, 6.45) is 1.29. The van der Waals surface area contributed by atoms with Gasteiger partial charge in [-0.1, -0.05) is 12.1 Å². The van der Waals surface area contributed by atoms with Gasteiger partial charge in [-0.05, 0) is 12.1 Å². The molecule has 6 heteroatoms. The largest absolute Gasteiger partial charge is 0.494 e. The molecule has 15 heavy (non-hydrogen) atoms. The fraction of sp³-hybridized carbons (Fsp3) is 0. The second-order valence-corrected chi connectivity index (χ2v) is 2.94. The molecule has 0 aromatic heterocycles. The number of nitrogens with one attached hydrogen (secondary N) is 2. The molecule has 1 amide bonds. The molecule has 0 saturated carbocycles. The lowest BCUT2D eigenvalue weighted by Gasteiger charge is -2.16. The summed E-state index contributed by atoms with van der Waals surface area (Å²) in [5, 5.41) is 15.7. The van der Waals surface area contributed by atoms with Crippen molar-refractivity contribution < 1.29 is 9.72 Å². The maximum atomic E-state index is 11.0. The van der Waals surface area contributed by atoms with Crippen LogP contribution >= 0.6 is 0 Å². The molecule has 0 aliphatic carbocycles. The Hall–Kier alpha value is -2.37. The molecule has 1 aromatic carbocycles. The molecule has 0 saturated heterocycles. The number of benzene rings is 1. The van der Waals surface area contributed by atoms with Gasteiger partial charge in [0.15, 0.2) is 5.70 Å². The van der Waals surface area contributed by atoms with E-state index in [1.165, 1.54) is 6.20 Å². The van der Waals surface area contributed by atoms with Crippen LogP contribution in [0.1, 0.15) is 0 Å². The van der Waals surface area contributed by atoms with Crippen molar-refractivity contribution in [1.82, 2.24) is 0 Å². The third-order valence-electron chi connectivity index (χ3n) is 1.96. The van der Waals surface area contributed by atoms with Crippen LogP contribution in [0.4, 0.5) is 11.4 Å². The molecule has 1 heterocycles. The van der Waals surface area contributed by atoms with Crippen molar-refractivity contribution in [2.24, 2.45) is 0 Å². The first kappa shape index (κ1) is 9.20. The molecular formula is C9H7N3O3. The normalized spacial score (nSPS) is 12.9. The summed E-state index contributed by atoms with van der Waals surface area (Å²) in [5.41, 5.74) is 1.35. The minimum absolute atomic E-state index is 0.0706. The third-order valence-corrected chi connectivity index (χ3v) is 1.96. The van der Waals surface area contributed by atoms with E-state index in [-0.39, 0.29) is 5.70 Å². The number of carbonyl (C=O) groups is 1. The molecule has 0 spiro atoms. The SMILES string of the molecule is O=C(C1=CNc2ccccc2N1)[N+](=O)[O-]. The van der Waals surface area contributed by atoms with Gasteiger partial charge in [-0.2, -0.15) is 0 Å². The lowest BCUT2D eigenvalue weighted by atomic mass is 10.2. The van der Waals surface area contributed by atoms with Crippen molar-refractivity contribution in [3.8, 4) is 0 Å². The number of anilines is 2. The minimum Gasteiger partial charge on any atom is -0.358 e.